The van der Waals surface area contributed by atoms with Gasteiger partial charge >= 0.3 is 0 Å². The molecule has 0 radical (unpaired) electrons. The third-order valence-corrected chi connectivity index (χ3v) is 3.03. The van der Waals surface area contributed by atoms with Crippen molar-refractivity contribution >= 4 is 0 Å². The molecule has 0 aliphatic heterocycles. The highest BCUT2D eigenvalue weighted by Gasteiger charge is 2.19. The van der Waals surface area contributed by atoms with Gasteiger partial charge in [0.2, 0.25) is 0 Å². The minimum atomic E-state index is 0.302. The topological polar surface area (TPSA) is 58.3 Å². The largest absolute Gasteiger partial charge is 0.396 e. The predicted molar refractivity (Wildman–Crippen MR) is 59.1 cm³/mol. The maximum Gasteiger partial charge on any atom is 0.0431 e. The van der Waals surface area contributed by atoms with E-state index in [9.17, 15) is 0 Å². The number of nitrogens with two attached hydrogens (primary N) is 1. The molecule has 0 bridgehead atoms. The molecule has 1 saturated carbocycles. The summed E-state index contributed by atoms with van der Waals surface area (Å²) in [5.74, 6) is 0. The molecule has 1 fully saturated rings. The van der Waals surface area contributed by atoms with Crippen molar-refractivity contribution in [3.8, 4) is 0 Å². The Balaban J connectivity index is 2.15. The summed E-state index contributed by atoms with van der Waals surface area (Å²) in [6.45, 7) is 2.49. The van der Waals surface area contributed by atoms with Gasteiger partial charge in [-0.1, -0.05) is 6.42 Å². The van der Waals surface area contributed by atoms with Gasteiger partial charge in [0.15, 0.2) is 0 Å². The van der Waals surface area contributed by atoms with Crippen LogP contribution in [0.3, 0.4) is 0 Å². The zero-order valence-electron chi connectivity index (χ0n) is 9.21. The maximum absolute atomic E-state index is 8.72. The molecule has 1 rings (SSSR count). The average molecular weight is 200 g/mol. The molecule has 3 nitrogen and oxygen atoms in total. The molecular weight excluding hydrogens is 176 g/mol. The molecule has 3 heteroatoms. The molecule has 3 atom stereocenters. The van der Waals surface area contributed by atoms with Gasteiger partial charge in [0.25, 0.3) is 0 Å². The molecule has 0 spiro atoms. The molecule has 4 N–H and O–H groups in total. The van der Waals surface area contributed by atoms with Crippen LogP contribution in [0.5, 0.6) is 0 Å². The Kier molecular flexibility index (Phi) is 5.45. The summed E-state index contributed by atoms with van der Waals surface area (Å²) in [6, 6.07) is 1.51. The number of rotatable bonds is 5. The SMILES string of the molecule is CC(CCCO)NC1CCCC(N)C1. The fourth-order valence-electron chi connectivity index (χ4n) is 2.26. The lowest BCUT2D eigenvalue weighted by Crippen LogP contribution is -2.43. The van der Waals surface area contributed by atoms with E-state index in [1.807, 2.05) is 0 Å². The molecule has 0 heterocycles. The van der Waals surface area contributed by atoms with Gasteiger partial charge in [-0.15, -0.1) is 0 Å². The van der Waals surface area contributed by atoms with Gasteiger partial charge in [-0.2, -0.15) is 0 Å². The van der Waals surface area contributed by atoms with Crippen molar-refractivity contribution in [3.05, 3.63) is 0 Å². The summed E-state index contributed by atoms with van der Waals surface area (Å²) in [4.78, 5) is 0. The Hall–Kier alpha value is -0.120. The average Bonchev–Trinajstić information content (AvgIpc) is 2.15. The van der Waals surface area contributed by atoms with Gasteiger partial charge in [-0.05, 0) is 39.0 Å². The van der Waals surface area contributed by atoms with Crippen LogP contribution in [0.4, 0.5) is 0 Å². The summed E-state index contributed by atoms with van der Waals surface area (Å²) >= 11 is 0. The highest BCUT2D eigenvalue weighted by atomic mass is 16.2. The van der Waals surface area contributed by atoms with Gasteiger partial charge in [0.05, 0.1) is 0 Å². The van der Waals surface area contributed by atoms with Crippen LogP contribution in [-0.4, -0.2) is 29.8 Å². The van der Waals surface area contributed by atoms with Crippen molar-refractivity contribution in [2.24, 2.45) is 5.73 Å². The van der Waals surface area contributed by atoms with Crippen LogP contribution in [0, 0.1) is 0 Å². The summed E-state index contributed by atoms with van der Waals surface area (Å²) in [5.41, 5.74) is 5.92. The van der Waals surface area contributed by atoms with Crippen LogP contribution < -0.4 is 11.1 Å². The second-order valence-corrected chi connectivity index (χ2v) is 4.56. The van der Waals surface area contributed by atoms with Gasteiger partial charge in [-0.3, -0.25) is 0 Å². The van der Waals surface area contributed by atoms with Crippen molar-refractivity contribution in [3.63, 3.8) is 0 Å². The van der Waals surface area contributed by atoms with Crippen LogP contribution in [0.15, 0.2) is 0 Å². The first-order chi connectivity index (χ1) is 6.72. The van der Waals surface area contributed by atoms with Crippen LogP contribution in [0.25, 0.3) is 0 Å². The summed E-state index contributed by atoms with van der Waals surface area (Å²) in [6.07, 6.45) is 6.77. The summed E-state index contributed by atoms with van der Waals surface area (Å²) in [7, 11) is 0. The Morgan fingerprint density at radius 1 is 1.50 bits per heavy atom. The Morgan fingerprint density at radius 2 is 2.29 bits per heavy atom. The first-order valence-corrected chi connectivity index (χ1v) is 5.85. The Labute approximate surface area is 87.1 Å². The molecule has 0 aromatic carbocycles. The van der Waals surface area contributed by atoms with Crippen LogP contribution in [0.2, 0.25) is 0 Å². The highest BCUT2D eigenvalue weighted by Crippen LogP contribution is 2.17. The van der Waals surface area contributed by atoms with E-state index in [1.165, 1.54) is 19.3 Å². The Bertz CT molecular complexity index is 152. The second-order valence-electron chi connectivity index (χ2n) is 4.56. The lowest BCUT2D eigenvalue weighted by atomic mass is 9.91. The van der Waals surface area contributed by atoms with Crippen molar-refractivity contribution in [1.29, 1.82) is 0 Å². The summed E-state index contributed by atoms with van der Waals surface area (Å²) < 4.78 is 0. The van der Waals surface area contributed by atoms with Gasteiger partial charge in [0, 0.05) is 24.7 Å². The van der Waals surface area contributed by atoms with Gasteiger partial charge < -0.3 is 16.2 Å². The van der Waals surface area contributed by atoms with E-state index in [-0.39, 0.29) is 0 Å². The van der Waals surface area contributed by atoms with Crippen molar-refractivity contribution in [2.75, 3.05) is 6.61 Å². The first-order valence-electron chi connectivity index (χ1n) is 5.85. The van der Waals surface area contributed by atoms with E-state index in [0.717, 1.165) is 19.3 Å². The number of aliphatic hydroxyl groups is 1. The van der Waals surface area contributed by atoms with Crippen molar-refractivity contribution < 1.29 is 5.11 Å². The Morgan fingerprint density at radius 3 is 2.93 bits per heavy atom. The van der Waals surface area contributed by atoms with E-state index < -0.39 is 0 Å². The number of aliphatic hydroxyl groups excluding tert-OH is 1. The van der Waals surface area contributed by atoms with Gasteiger partial charge in [0.1, 0.15) is 0 Å². The lowest BCUT2D eigenvalue weighted by molar-refractivity contribution is 0.264. The summed E-state index contributed by atoms with van der Waals surface area (Å²) in [5, 5.41) is 12.3. The molecule has 0 aromatic heterocycles. The zero-order valence-corrected chi connectivity index (χ0v) is 9.21. The quantitative estimate of drug-likeness (QED) is 0.620. The molecular formula is C11H24N2O. The number of nitrogens with one attached hydrogen (secondary N) is 1. The number of hydrogen-bond donors (Lipinski definition) is 3. The highest BCUT2D eigenvalue weighted by molar-refractivity contribution is 4.81. The third-order valence-electron chi connectivity index (χ3n) is 3.03. The second kappa shape index (κ2) is 6.38. The van der Waals surface area contributed by atoms with Crippen LogP contribution in [0.1, 0.15) is 45.4 Å². The fraction of sp³-hybridized carbons (Fsp3) is 1.00. The lowest BCUT2D eigenvalue weighted by Gasteiger charge is -2.30. The molecule has 3 unspecified atom stereocenters. The smallest absolute Gasteiger partial charge is 0.0431 e. The molecule has 0 saturated heterocycles. The van der Waals surface area contributed by atoms with E-state index in [0.29, 0.717) is 24.7 Å². The molecule has 14 heavy (non-hydrogen) atoms. The predicted octanol–water partition coefficient (Wildman–Crippen LogP) is 1.01. The zero-order chi connectivity index (χ0) is 10.4. The van der Waals surface area contributed by atoms with E-state index in [4.69, 9.17) is 10.8 Å². The van der Waals surface area contributed by atoms with E-state index >= 15 is 0 Å². The van der Waals surface area contributed by atoms with Crippen molar-refractivity contribution in [2.45, 2.75) is 63.6 Å². The van der Waals surface area contributed by atoms with E-state index in [1.54, 1.807) is 0 Å². The molecule has 1 aliphatic rings. The van der Waals surface area contributed by atoms with Crippen molar-refractivity contribution in [1.82, 2.24) is 5.32 Å². The molecule has 1 aliphatic carbocycles. The molecule has 0 amide bonds. The molecule has 84 valence electrons. The monoisotopic (exact) mass is 200 g/mol. The van der Waals surface area contributed by atoms with Crippen LogP contribution in [-0.2, 0) is 0 Å². The minimum Gasteiger partial charge on any atom is -0.396 e. The van der Waals surface area contributed by atoms with E-state index in [2.05, 4.69) is 12.2 Å². The number of hydrogen-bond acceptors (Lipinski definition) is 3. The third kappa shape index (κ3) is 4.40. The minimum absolute atomic E-state index is 0.302. The standard InChI is InChI=1S/C11H24N2O/c1-9(4-3-7-14)13-11-6-2-5-10(12)8-11/h9-11,13-14H,2-8,12H2,1H3. The normalized spacial score (nSPS) is 30.2. The van der Waals surface area contributed by atoms with Gasteiger partial charge in [-0.25, -0.2) is 0 Å². The fourth-order valence-corrected chi connectivity index (χ4v) is 2.26. The molecule has 0 aromatic rings. The maximum atomic E-state index is 8.72. The first kappa shape index (κ1) is 12.0. The van der Waals surface area contributed by atoms with Crippen LogP contribution >= 0.6 is 0 Å².